The van der Waals surface area contributed by atoms with Crippen LogP contribution in [0.15, 0.2) is 24.3 Å². The summed E-state index contributed by atoms with van der Waals surface area (Å²) in [5.41, 5.74) is 1.32. The second kappa shape index (κ2) is 6.06. The molecule has 104 valence electrons. The molecule has 0 radical (unpaired) electrons. The monoisotopic (exact) mass is 262 g/mol. The number of ether oxygens (including phenoxy) is 1. The van der Waals surface area contributed by atoms with E-state index < -0.39 is 0 Å². The number of nitrogens with one attached hydrogen (secondary N) is 2. The van der Waals surface area contributed by atoms with E-state index in [-0.39, 0.29) is 5.91 Å². The molecule has 0 aromatic heterocycles. The first-order valence-corrected chi connectivity index (χ1v) is 6.72. The smallest absolute Gasteiger partial charge is 0.224 e. The van der Waals surface area contributed by atoms with Crippen molar-refractivity contribution in [2.75, 3.05) is 27.2 Å². The third kappa shape index (κ3) is 3.96. The number of amides is 1. The number of carbonyl (C=O) groups excluding carboxylic acids is 1. The number of rotatable bonds is 7. The third-order valence-electron chi connectivity index (χ3n) is 3.69. The van der Waals surface area contributed by atoms with Crippen molar-refractivity contribution in [2.45, 2.75) is 19.3 Å². The molecule has 0 bridgehead atoms. The lowest BCUT2D eigenvalue weighted by Crippen LogP contribution is -2.35. The Morgan fingerprint density at radius 1 is 1.26 bits per heavy atom. The molecule has 1 aromatic carbocycles. The van der Waals surface area contributed by atoms with Gasteiger partial charge in [-0.25, -0.2) is 0 Å². The molecular weight excluding hydrogens is 240 g/mol. The van der Waals surface area contributed by atoms with Crippen molar-refractivity contribution in [1.82, 2.24) is 10.6 Å². The first kappa shape index (κ1) is 13.9. The summed E-state index contributed by atoms with van der Waals surface area (Å²) in [5.74, 6) is 0.905. The maximum absolute atomic E-state index is 11.9. The minimum Gasteiger partial charge on any atom is -0.497 e. The Labute approximate surface area is 114 Å². The molecule has 0 saturated heterocycles. The second-order valence-electron chi connectivity index (χ2n) is 5.33. The molecule has 0 atom stereocenters. The minimum atomic E-state index is 0.0903. The average Bonchev–Trinajstić information content (AvgIpc) is 3.18. The van der Waals surface area contributed by atoms with Gasteiger partial charge in [-0.2, -0.15) is 0 Å². The van der Waals surface area contributed by atoms with Gasteiger partial charge in [-0.15, -0.1) is 0 Å². The Hall–Kier alpha value is -1.55. The summed E-state index contributed by atoms with van der Waals surface area (Å²) >= 11 is 0. The Bertz CT molecular complexity index is 424. The van der Waals surface area contributed by atoms with Crippen molar-refractivity contribution in [1.29, 1.82) is 0 Å². The summed E-state index contributed by atoms with van der Waals surface area (Å²) in [7, 11) is 3.60. The van der Waals surface area contributed by atoms with Crippen LogP contribution in [0.25, 0.3) is 0 Å². The lowest BCUT2D eigenvalue weighted by atomic mass is 10.1. The molecule has 0 aliphatic heterocycles. The van der Waals surface area contributed by atoms with E-state index in [1.165, 1.54) is 12.8 Å². The molecule has 0 heterocycles. The Morgan fingerprint density at radius 2 is 1.95 bits per heavy atom. The van der Waals surface area contributed by atoms with Gasteiger partial charge in [0.2, 0.25) is 5.91 Å². The molecular formula is C15H22N2O2. The van der Waals surface area contributed by atoms with E-state index >= 15 is 0 Å². The molecule has 0 spiro atoms. The lowest BCUT2D eigenvalue weighted by Gasteiger charge is -2.15. The fourth-order valence-corrected chi connectivity index (χ4v) is 2.25. The highest BCUT2D eigenvalue weighted by molar-refractivity contribution is 5.78. The van der Waals surface area contributed by atoms with Gasteiger partial charge in [-0.3, -0.25) is 4.79 Å². The van der Waals surface area contributed by atoms with Gasteiger partial charge < -0.3 is 15.4 Å². The van der Waals surface area contributed by atoms with Crippen LogP contribution >= 0.6 is 0 Å². The number of hydrogen-bond donors (Lipinski definition) is 2. The zero-order valence-corrected chi connectivity index (χ0v) is 11.7. The van der Waals surface area contributed by atoms with Crippen molar-refractivity contribution < 1.29 is 9.53 Å². The minimum absolute atomic E-state index is 0.0903. The van der Waals surface area contributed by atoms with E-state index in [4.69, 9.17) is 4.74 Å². The van der Waals surface area contributed by atoms with E-state index in [1.54, 1.807) is 7.11 Å². The summed E-state index contributed by atoms with van der Waals surface area (Å²) in [5, 5.41) is 6.23. The van der Waals surface area contributed by atoms with Crippen molar-refractivity contribution >= 4 is 5.91 Å². The van der Waals surface area contributed by atoms with Crippen LogP contribution in [0, 0.1) is 5.41 Å². The quantitative estimate of drug-likeness (QED) is 0.780. The summed E-state index contributed by atoms with van der Waals surface area (Å²) in [6, 6.07) is 7.62. The van der Waals surface area contributed by atoms with Crippen molar-refractivity contribution in [3.8, 4) is 5.75 Å². The molecule has 2 rings (SSSR count). The largest absolute Gasteiger partial charge is 0.497 e. The third-order valence-corrected chi connectivity index (χ3v) is 3.69. The van der Waals surface area contributed by atoms with Crippen molar-refractivity contribution in [3.63, 3.8) is 0 Å². The SMILES string of the molecule is CNCC1(CNC(=O)Cc2ccc(OC)cc2)CC1. The number of hydrogen-bond acceptors (Lipinski definition) is 3. The van der Waals surface area contributed by atoms with Crippen LogP contribution in [0.1, 0.15) is 18.4 Å². The molecule has 1 fully saturated rings. The van der Waals surface area contributed by atoms with Crippen LogP contribution in [0.3, 0.4) is 0 Å². The van der Waals surface area contributed by atoms with Crippen LogP contribution in [0.4, 0.5) is 0 Å². The van der Waals surface area contributed by atoms with E-state index in [1.807, 2.05) is 31.3 Å². The van der Waals surface area contributed by atoms with Crippen LogP contribution in [0.5, 0.6) is 5.75 Å². The highest BCUT2D eigenvalue weighted by Crippen LogP contribution is 2.44. The molecule has 1 aliphatic carbocycles. The number of benzene rings is 1. The molecule has 1 saturated carbocycles. The highest BCUT2D eigenvalue weighted by Gasteiger charge is 2.41. The van der Waals surface area contributed by atoms with Gasteiger partial charge in [0.1, 0.15) is 5.75 Å². The van der Waals surface area contributed by atoms with Crippen LogP contribution in [0.2, 0.25) is 0 Å². The van der Waals surface area contributed by atoms with Gasteiger partial charge in [0.05, 0.1) is 13.5 Å². The summed E-state index contributed by atoms with van der Waals surface area (Å²) in [4.78, 5) is 11.9. The summed E-state index contributed by atoms with van der Waals surface area (Å²) < 4.78 is 5.09. The average molecular weight is 262 g/mol. The van der Waals surface area contributed by atoms with Crippen molar-refractivity contribution in [3.05, 3.63) is 29.8 Å². The highest BCUT2D eigenvalue weighted by atomic mass is 16.5. The van der Waals surface area contributed by atoms with Gasteiger partial charge in [-0.05, 0) is 37.6 Å². The predicted molar refractivity (Wildman–Crippen MR) is 75.3 cm³/mol. The van der Waals surface area contributed by atoms with Crippen LogP contribution in [-0.2, 0) is 11.2 Å². The van der Waals surface area contributed by atoms with Gasteiger partial charge in [0, 0.05) is 18.5 Å². The predicted octanol–water partition coefficient (Wildman–Crippen LogP) is 1.35. The molecule has 19 heavy (non-hydrogen) atoms. The van der Waals surface area contributed by atoms with Gasteiger partial charge in [0.15, 0.2) is 0 Å². The topological polar surface area (TPSA) is 50.4 Å². The maximum Gasteiger partial charge on any atom is 0.224 e. The van der Waals surface area contributed by atoms with E-state index in [0.717, 1.165) is 24.4 Å². The fraction of sp³-hybridized carbons (Fsp3) is 0.533. The molecule has 1 amide bonds. The Kier molecular flexibility index (Phi) is 4.43. The Balaban J connectivity index is 1.77. The zero-order valence-electron chi connectivity index (χ0n) is 11.7. The normalized spacial score (nSPS) is 15.9. The first-order valence-electron chi connectivity index (χ1n) is 6.72. The standard InChI is InChI=1S/C15H22N2O2/c1-16-10-15(7-8-15)11-17-14(18)9-12-3-5-13(19-2)6-4-12/h3-6,16H,7-11H2,1-2H3,(H,17,18). The van der Waals surface area contributed by atoms with E-state index in [0.29, 0.717) is 11.8 Å². The van der Waals surface area contributed by atoms with E-state index in [9.17, 15) is 4.79 Å². The Morgan fingerprint density at radius 3 is 2.47 bits per heavy atom. The molecule has 2 N–H and O–H groups in total. The molecule has 1 aliphatic rings. The maximum atomic E-state index is 11.9. The van der Waals surface area contributed by atoms with Gasteiger partial charge in [-0.1, -0.05) is 12.1 Å². The second-order valence-corrected chi connectivity index (χ2v) is 5.33. The van der Waals surface area contributed by atoms with Crippen LogP contribution < -0.4 is 15.4 Å². The molecule has 4 heteroatoms. The molecule has 4 nitrogen and oxygen atoms in total. The lowest BCUT2D eigenvalue weighted by molar-refractivity contribution is -0.120. The molecule has 0 unspecified atom stereocenters. The summed E-state index contributed by atoms with van der Waals surface area (Å²) in [6.07, 6.45) is 2.84. The van der Waals surface area contributed by atoms with Crippen LogP contribution in [-0.4, -0.2) is 33.2 Å². The van der Waals surface area contributed by atoms with Gasteiger partial charge in [0.25, 0.3) is 0 Å². The first-order chi connectivity index (χ1) is 9.17. The summed E-state index contributed by atoms with van der Waals surface area (Å²) in [6.45, 7) is 1.76. The fourth-order valence-electron chi connectivity index (χ4n) is 2.25. The zero-order chi connectivity index (χ0) is 13.7. The van der Waals surface area contributed by atoms with Gasteiger partial charge >= 0.3 is 0 Å². The van der Waals surface area contributed by atoms with E-state index in [2.05, 4.69) is 10.6 Å². The van der Waals surface area contributed by atoms with Crippen molar-refractivity contribution in [2.24, 2.45) is 5.41 Å². The molecule has 1 aromatic rings. The number of methoxy groups -OCH3 is 1. The number of carbonyl (C=O) groups is 1.